The van der Waals surface area contributed by atoms with E-state index in [4.69, 9.17) is 16.3 Å². The Kier molecular flexibility index (Phi) is 1.08. The Hall–Kier alpha value is -1.84. The molecule has 0 aromatic heterocycles. The van der Waals surface area contributed by atoms with Crippen LogP contribution in [0.5, 0.6) is 0 Å². The van der Waals surface area contributed by atoms with Crippen molar-refractivity contribution in [1.82, 2.24) is 0 Å². The Morgan fingerprint density at radius 1 is 1.33 bits per heavy atom. The van der Waals surface area contributed by atoms with E-state index in [9.17, 15) is 9.59 Å². The normalized spacial score (nSPS) is 14.0. The van der Waals surface area contributed by atoms with Crippen molar-refractivity contribution >= 4 is 11.9 Å². The van der Waals surface area contributed by atoms with Gasteiger partial charge in [0.25, 0.3) is 0 Å². The third-order valence-corrected chi connectivity index (χ3v) is 1.15. The summed E-state index contributed by atoms with van der Waals surface area (Å²) < 4.78 is 29.2. The molecular weight excluding hydrogens is 158 g/mol. The van der Waals surface area contributed by atoms with E-state index < -0.39 is 47.2 Å². The molecule has 0 aliphatic carbocycles. The van der Waals surface area contributed by atoms with Crippen molar-refractivity contribution < 1.29 is 20.2 Å². The van der Waals surface area contributed by atoms with Crippen LogP contribution < -0.4 is 5.73 Å². The van der Waals surface area contributed by atoms with Crippen molar-refractivity contribution in [2.24, 2.45) is 5.73 Å². The lowest BCUT2D eigenvalue weighted by Crippen LogP contribution is -2.15. The number of nitrogens with two attached hydrogens (primary N) is 1. The van der Waals surface area contributed by atoms with Gasteiger partial charge in [-0.1, -0.05) is 12.1 Å². The van der Waals surface area contributed by atoms with Gasteiger partial charge >= 0.3 is 5.97 Å². The number of amides is 1. The lowest BCUT2D eigenvalue weighted by atomic mass is 10.1. The van der Waals surface area contributed by atoms with Crippen LogP contribution in [0.2, 0.25) is 0 Å². The smallest absolute Gasteiger partial charge is 0.336 e. The van der Waals surface area contributed by atoms with E-state index >= 15 is 0 Å². The van der Waals surface area contributed by atoms with Crippen LogP contribution in [0, 0.1) is 0 Å². The Bertz CT molecular complexity index is 456. The zero-order chi connectivity index (χ0) is 12.6. The minimum atomic E-state index is -1.62. The van der Waals surface area contributed by atoms with Crippen molar-refractivity contribution in [3.8, 4) is 0 Å². The zero-order valence-electron chi connectivity index (χ0n) is 9.84. The fourth-order valence-electron chi connectivity index (χ4n) is 0.658. The maximum atomic E-state index is 11.0. The van der Waals surface area contributed by atoms with E-state index in [-0.39, 0.29) is 0 Å². The van der Waals surface area contributed by atoms with Gasteiger partial charge in [0.05, 0.1) is 16.6 Å². The zero-order valence-corrected chi connectivity index (χ0v) is 5.84. The van der Waals surface area contributed by atoms with Crippen LogP contribution in [0.15, 0.2) is 24.2 Å². The third kappa shape index (κ3) is 1.42. The van der Waals surface area contributed by atoms with Crippen LogP contribution in [0.4, 0.5) is 0 Å². The first-order valence-electron chi connectivity index (χ1n) is 4.92. The average Bonchev–Trinajstić information content (AvgIpc) is 2.18. The molecule has 0 unspecified atom stereocenters. The topological polar surface area (TPSA) is 80.4 Å². The van der Waals surface area contributed by atoms with Crippen molar-refractivity contribution in [2.75, 3.05) is 0 Å². The van der Waals surface area contributed by atoms with Crippen LogP contribution >= 0.6 is 0 Å². The molecule has 0 heterocycles. The number of rotatable bonds is 2. The van der Waals surface area contributed by atoms with E-state index in [1.54, 1.807) is 0 Å². The number of carboxylic acid groups (broad SMARTS) is 1. The van der Waals surface area contributed by atoms with Gasteiger partial charge in [0.1, 0.15) is 0 Å². The first-order valence-corrected chi connectivity index (χ1v) is 2.92. The van der Waals surface area contributed by atoms with Crippen molar-refractivity contribution in [2.45, 2.75) is 0 Å². The number of hydrogen-bond acceptors (Lipinski definition) is 2. The molecule has 1 amide bonds. The molecule has 0 atom stereocenters. The van der Waals surface area contributed by atoms with Gasteiger partial charge in [-0.05, 0) is 12.1 Å². The predicted molar refractivity (Wildman–Crippen MR) is 41.9 cm³/mol. The second kappa shape index (κ2) is 3.04. The molecule has 1 aromatic carbocycles. The van der Waals surface area contributed by atoms with Crippen LogP contribution in [0.1, 0.15) is 26.2 Å². The lowest BCUT2D eigenvalue weighted by Gasteiger charge is -1.99. The summed E-state index contributed by atoms with van der Waals surface area (Å²) in [6.45, 7) is 0. The highest BCUT2D eigenvalue weighted by Crippen LogP contribution is 2.06. The van der Waals surface area contributed by atoms with Gasteiger partial charge in [-0.15, -0.1) is 0 Å². The van der Waals surface area contributed by atoms with Gasteiger partial charge < -0.3 is 10.8 Å². The van der Waals surface area contributed by atoms with Gasteiger partial charge in [-0.3, -0.25) is 4.79 Å². The molecule has 0 fully saturated rings. The van der Waals surface area contributed by atoms with E-state index in [0.29, 0.717) is 0 Å². The highest BCUT2D eigenvalue weighted by molar-refractivity contribution is 6.03. The summed E-state index contributed by atoms with van der Waals surface area (Å²) in [6.07, 6.45) is 0. The van der Waals surface area contributed by atoms with E-state index in [1.807, 2.05) is 0 Å². The van der Waals surface area contributed by atoms with Crippen molar-refractivity contribution in [3.63, 3.8) is 0 Å². The number of benzene rings is 1. The standard InChI is InChI=1S/C8H7NO3/c9-7(10)5-3-1-2-4-6(5)8(11)12/h1-4H,(H2,9,10)(H,11,12)/i1D,2D,3D,4D. The second-order valence-electron chi connectivity index (χ2n) is 1.92. The maximum absolute atomic E-state index is 11.0. The molecule has 0 saturated carbocycles. The number of aromatic carboxylic acids is 1. The monoisotopic (exact) mass is 169 g/mol. The average molecular weight is 169 g/mol. The third-order valence-electron chi connectivity index (χ3n) is 1.15. The van der Waals surface area contributed by atoms with E-state index in [0.717, 1.165) is 0 Å². The number of primary amides is 1. The van der Waals surface area contributed by atoms with Crippen molar-refractivity contribution in [1.29, 1.82) is 0 Å². The first-order chi connectivity index (χ1) is 7.29. The van der Waals surface area contributed by atoms with Gasteiger partial charge in [0.15, 0.2) is 0 Å². The molecule has 62 valence electrons. The Labute approximate surface area is 74.2 Å². The minimum Gasteiger partial charge on any atom is -0.478 e. The molecule has 0 saturated heterocycles. The fraction of sp³-hybridized carbons (Fsp3) is 0. The predicted octanol–water partition coefficient (Wildman–Crippen LogP) is 0.484. The van der Waals surface area contributed by atoms with E-state index in [1.165, 1.54) is 0 Å². The largest absolute Gasteiger partial charge is 0.478 e. The lowest BCUT2D eigenvalue weighted by molar-refractivity contribution is 0.0692. The molecule has 0 radical (unpaired) electrons. The highest BCUT2D eigenvalue weighted by atomic mass is 16.4. The summed E-state index contributed by atoms with van der Waals surface area (Å²) in [5.41, 5.74) is 3.37. The Morgan fingerprint density at radius 2 is 1.83 bits per heavy atom. The number of hydrogen-bond donors (Lipinski definition) is 2. The van der Waals surface area contributed by atoms with E-state index in [2.05, 4.69) is 0 Å². The number of carboxylic acids is 1. The molecule has 0 bridgehead atoms. The highest BCUT2D eigenvalue weighted by Gasteiger charge is 2.11. The van der Waals surface area contributed by atoms with Gasteiger partial charge in [0.2, 0.25) is 5.91 Å². The summed E-state index contributed by atoms with van der Waals surface area (Å²) in [7, 11) is 0. The molecule has 0 aliphatic rings. The van der Waals surface area contributed by atoms with Crippen LogP contribution in [0.3, 0.4) is 0 Å². The number of carbonyl (C=O) groups excluding carboxylic acids is 1. The summed E-state index contributed by atoms with van der Waals surface area (Å²) in [4.78, 5) is 21.8. The van der Waals surface area contributed by atoms with Crippen molar-refractivity contribution in [3.05, 3.63) is 35.3 Å². The van der Waals surface area contributed by atoms with Crippen LogP contribution in [-0.2, 0) is 0 Å². The maximum Gasteiger partial charge on any atom is 0.336 e. The first kappa shape index (κ1) is 4.25. The molecule has 0 spiro atoms. The molecule has 4 heteroatoms. The fourth-order valence-corrected chi connectivity index (χ4v) is 0.658. The molecule has 4 nitrogen and oxygen atoms in total. The Balaban J connectivity index is 3.83. The summed E-state index contributed by atoms with van der Waals surface area (Å²) in [6, 6.07) is -2.94. The molecule has 0 aliphatic heterocycles. The minimum absolute atomic E-state index is 0.691. The molecule has 12 heavy (non-hydrogen) atoms. The Morgan fingerprint density at radius 3 is 2.25 bits per heavy atom. The van der Waals surface area contributed by atoms with Gasteiger partial charge in [-0.25, -0.2) is 4.79 Å². The molecule has 3 N–H and O–H groups in total. The van der Waals surface area contributed by atoms with Gasteiger partial charge in [0, 0.05) is 0 Å². The summed E-state index contributed by atoms with van der Waals surface area (Å²) in [5.74, 6) is -2.83. The van der Waals surface area contributed by atoms with Gasteiger partial charge in [-0.2, -0.15) is 0 Å². The van der Waals surface area contributed by atoms with Crippen LogP contribution in [0.25, 0.3) is 0 Å². The summed E-state index contributed by atoms with van der Waals surface area (Å²) in [5, 5.41) is 8.78. The molecular formula is C8H7NO3. The SMILES string of the molecule is [2H]c1c([2H])c([2H])c(C(=O)O)c(C(N)=O)c1[2H]. The molecule has 1 rings (SSSR count). The number of carbonyl (C=O) groups is 2. The second-order valence-corrected chi connectivity index (χ2v) is 1.92. The molecule has 1 aromatic rings. The quantitative estimate of drug-likeness (QED) is 0.675. The van der Waals surface area contributed by atoms with Crippen LogP contribution in [-0.4, -0.2) is 17.0 Å². The summed E-state index contributed by atoms with van der Waals surface area (Å²) >= 11 is 0.